The monoisotopic (exact) mass is 126 g/mol. The van der Waals surface area contributed by atoms with Crippen LogP contribution in [0.2, 0.25) is 0 Å². The molecule has 0 aromatic heterocycles. The Kier molecular flexibility index (Phi) is 1.92. The second-order valence-corrected chi connectivity index (χ2v) is 2.40. The average molecular weight is 126 g/mol. The van der Waals surface area contributed by atoms with Crippen molar-refractivity contribution in [1.82, 2.24) is 5.32 Å². The quantitative estimate of drug-likeness (QED) is 0.318. The Morgan fingerprint density at radius 2 is 2.56 bits per heavy atom. The SMILES string of the molecule is C[C@@H]1CC(N=[N+]=[N-])CN1. The van der Waals surface area contributed by atoms with Crippen LogP contribution in [-0.4, -0.2) is 18.6 Å². The van der Waals surface area contributed by atoms with Crippen molar-refractivity contribution in [2.75, 3.05) is 6.54 Å². The maximum Gasteiger partial charge on any atom is 0.0513 e. The summed E-state index contributed by atoms with van der Waals surface area (Å²) >= 11 is 0. The fraction of sp³-hybridized carbons (Fsp3) is 1.00. The zero-order valence-corrected chi connectivity index (χ0v) is 5.41. The summed E-state index contributed by atoms with van der Waals surface area (Å²) < 4.78 is 0. The highest BCUT2D eigenvalue weighted by molar-refractivity contribution is 4.83. The summed E-state index contributed by atoms with van der Waals surface area (Å²) in [6.07, 6.45) is 0.976. The summed E-state index contributed by atoms with van der Waals surface area (Å²) in [4.78, 5) is 2.74. The second-order valence-electron chi connectivity index (χ2n) is 2.40. The van der Waals surface area contributed by atoms with Gasteiger partial charge >= 0.3 is 0 Å². The maximum absolute atomic E-state index is 8.04. The van der Waals surface area contributed by atoms with Crippen LogP contribution in [0.4, 0.5) is 0 Å². The molecule has 1 aliphatic heterocycles. The molecule has 0 spiro atoms. The van der Waals surface area contributed by atoms with E-state index in [0.717, 1.165) is 13.0 Å². The van der Waals surface area contributed by atoms with Gasteiger partial charge in [0.15, 0.2) is 0 Å². The highest BCUT2D eigenvalue weighted by Crippen LogP contribution is 2.08. The molecule has 0 aromatic rings. The van der Waals surface area contributed by atoms with Gasteiger partial charge < -0.3 is 5.32 Å². The summed E-state index contributed by atoms with van der Waals surface area (Å²) in [7, 11) is 0. The Hall–Kier alpha value is -0.730. The van der Waals surface area contributed by atoms with Gasteiger partial charge in [0.05, 0.1) is 6.04 Å². The van der Waals surface area contributed by atoms with E-state index in [-0.39, 0.29) is 6.04 Å². The molecule has 1 rings (SSSR count). The van der Waals surface area contributed by atoms with Gasteiger partial charge in [-0.1, -0.05) is 5.11 Å². The van der Waals surface area contributed by atoms with Crippen LogP contribution in [-0.2, 0) is 0 Å². The highest BCUT2D eigenvalue weighted by Gasteiger charge is 2.18. The largest absolute Gasteiger partial charge is 0.314 e. The molecule has 4 nitrogen and oxygen atoms in total. The van der Waals surface area contributed by atoms with E-state index in [2.05, 4.69) is 22.3 Å². The average Bonchev–Trinajstić information content (AvgIpc) is 2.17. The normalized spacial score (nSPS) is 33.9. The first-order valence-corrected chi connectivity index (χ1v) is 3.10. The van der Waals surface area contributed by atoms with Crippen LogP contribution in [0.1, 0.15) is 13.3 Å². The van der Waals surface area contributed by atoms with Gasteiger partial charge in [0, 0.05) is 17.5 Å². The highest BCUT2D eigenvalue weighted by atomic mass is 15.2. The van der Waals surface area contributed by atoms with Crippen molar-refractivity contribution in [2.24, 2.45) is 5.11 Å². The third kappa shape index (κ3) is 1.59. The second kappa shape index (κ2) is 2.71. The van der Waals surface area contributed by atoms with E-state index >= 15 is 0 Å². The Morgan fingerprint density at radius 1 is 1.78 bits per heavy atom. The molecule has 0 saturated carbocycles. The lowest BCUT2D eigenvalue weighted by molar-refractivity contribution is 0.656. The van der Waals surface area contributed by atoms with Gasteiger partial charge in [-0.05, 0) is 18.9 Å². The van der Waals surface area contributed by atoms with Gasteiger partial charge in [0.2, 0.25) is 0 Å². The first-order valence-electron chi connectivity index (χ1n) is 3.10. The van der Waals surface area contributed by atoms with Crippen molar-refractivity contribution in [3.63, 3.8) is 0 Å². The van der Waals surface area contributed by atoms with Crippen LogP contribution in [0.3, 0.4) is 0 Å². The molecular weight excluding hydrogens is 116 g/mol. The van der Waals surface area contributed by atoms with Crippen molar-refractivity contribution in [1.29, 1.82) is 0 Å². The van der Waals surface area contributed by atoms with Crippen LogP contribution in [0.5, 0.6) is 0 Å². The minimum absolute atomic E-state index is 0.185. The third-order valence-corrected chi connectivity index (χ3v) is 1.54. The minimum Gasteiger partial charge on any atom is -0.314 e. The summed E-state index contributed by atoms with van der Waals surface area (Å²) in [5, 5.41) is 6.78. The summed E-state index contributed by atoms with van der Waals surface area (Å²) in [5.41, 5.74) is 8.04. The van der Waals surface area contributed by atoms with E-state index in [9.17, 15) is 0 Å². The topological polar surface area (TPSA) is 60.8 Å². The van der Waals surface area contributed by atoms with Crippen molar-refractivity contribution in [3.8, 4) is 0 Å². The molecule has 4 heteroatoms. The molecule has 1 heterocycles. The Bertz CT molecular complexity index is 138. The molecule has 1 unspecified atom stereocenters. The fourth-order valence-corrected chi connectivity index (χ4v) is 1.07. The predicted molar refractivity (Wildman–Crippen MR) is 35.0 cm³/mol. The van der Waals surface area contributed by atoms with E-state index in [1.165, 1.54) is 0 Å². The van der Waals surface area contributed by atoms with Gasteiger partial charge in [-0.25, -0.2) is 0 Å². The van der Waals surface area contributed by atoms with E-state index < -0.39 is 0 Å². The molecular formula is C5H10N4. The fourth-order valence-electron chi connectivity index (χ4n) is 1.07. The predicted octanol–water partition coefficient (Wildman–Crippen LogP) is 1.05. The zero-order chi connectivity index (χ0) is 6.69. The van der Waals surface area contributed by atoms with Crippen LogP contribution >= 0.6 is 0 Å². The molecule has 0 bridgehead atoms. The molecule has 1 saturated heterocycles. The molecule has 1 N–H and O–H groups in total. The van der Waals surface area contributed by atoms with Crippen LogP contribution < -0.4 is 5.32 Å². The van der Waals surface area contributed by atoms with Gasteiger partial charge in [0.25, 0.3) is 0 Å². The molecule has 0 radical (unpaired) electrons. The lowest BCUT2D eigenvalue weighted by atomic mass is 10.2. The van der Waals surface area contributed by atoms with Crippen LogP contribution in [0, 0.1) is 0 Å². The number of rotatable bonds is 1. The molecule has 1 aliphatic rings. The number of nitrogens with one attached hydrogen (secondary N) is 1. The minimum atomic E-state index is 0.185. The molecule has 9 heavy (non-hydrogen) atoms. The van der Waals surface area contributed by atoms with Gasteiger partial charge in [-0.3, -0.25) is 0 Å². The Morgan fingerprint density at radius 3 is 3.00 bits per heavy atom. The molecule has 0 aromatic carbocycles. The standard InChI is InChI=1S/C5H10N4/c1-4-2-5(3-7-4)8-9-6/h4-5,7H,2-3H2,1H3/t4-,5?/m1/s1. The third-order valence-electron chi connectivity index (χ3n) is 1.54. The van der Waals surface area contributed by atoms with Crippen molar-refractivity contribution >= 4 is 0 Å². The lowest BCUT2D eigenvalue weighted by Gasteiger charge is -1.96. The summed E-state index contributed by atoms with van der Waals surface area (Å²) in [6, 6.07) is 0.700. The lowest BCUT2D eigenvalue weighted by Crippen LogP contribution is -2.17. The van der Waals surface area contributed by atoms with Crippen molar-refractivity contribution in [2.45, 2.75) is 25.4 Å². The van der Waals surface area contributed by atoms with E-state index in [1.807, 2.05) is 0 Å². The Balaban J connectivity index is 2.38. The van der Waals surface area contributed by atoms with Gasteiger partial charge in [-0.2, -0.15) is 0 Å². The zero-order valence-electron chi connectivity index (χ0n) is 5.41. The summed E-state index contributed by atoms with van der Waals surface area (Å²) in [6.45, 7) is 2.93. The molecule has 50 valence electrons. The van der Waals surface area contributed by atoms with Crippen LogP contribution in [0.15, 0.2) is 5.11 Å². The molecule has 2 atom stereocenters. The first-order chi connectivity index (χ1) is 4.33. The Labute approximate surface area is 53.9 Å². The number of hydrogen-bond donors (Lipinski definition) is 1. The van der Waals surface area contributed by atoms with Gasteiger partial charge in [-0.15, -0.1) is 0 Å². The summed E-state index contributed by atoms with van der Waals surface area (Å²) in [5.74, 6) is 0. The maximum atomic E-state index is 8.04. The van der Waals surface area contributed by atoms with Crippen molar-refractivity contribution < 1.29 is 0 Å². The molecule has 1 fully saturated rings. The molecule has 0 aliphatic carbocycles. The molecule has 0 amide bonds. The first kappa shape index (κ1) is 6.39. The van der Waals surface area contributed by atoms with Crippen molar-refractivity contribution in [3.05, 3.63) is 10.4 Å². The smallest absolute Gasteiger partial charge is 0.0513 e. The number of nitrogens with zero attached hydrogens (tertiary/aromatic N) is 3. The van der Waals surface area contributed by atoms with E-state index in [0.29, 0.717) is 6.04 Å². The number of hydrogen-bond acceptors (Lipinski definition) is 2. The van der Waals surface area contributed by atoms with E-state index in [1.54, 1.807) is 0 Å². The van der Waals surface area contributed by atoms with E-state index in [4.69, 9.17) is 5.53 Å². The number of azide groups is 1. The van der Waals surface area contributed by atoms with Crippen LogP contribution in [0.25, 0.3) is 10.4 Å². The van der Waals surface area contributed by atoms with Gasteiger partial charge in [0.1, 0.15) is 0 Å².